The molecule has 0 amide bonds. The summed E-state index contributed by atoms with van der Waals surface area (Å²) in [4.78, 5) is 9.78. The highest BCUT2D eigenvalue weighted by molar-refractivity contribution is 5.20. The molecule has 0 saturated carbocycles. The van der Waals surface area contributed by atoms with Crippen LogP contribution in [0.5, 0.6) is 0 Å². The topological polar surface area (TPSA) is 69.2 Å². The maximum atomic E-state index is 10.3. The smallest absolute Gasteiger partial charge is 0.287 e. The van der Waals surface area contributed by atoms with Gasteiger partial charge in [-0.3, -0.25) is 10.1 Å². The zero-order valence-corrected chi connectivity index (χ0v) is 6.70. The Balaban J connectivity index is 4.54. The minimum atomic E-state index is -0.485. The maximum absolute atomic E-state index is 10.3. The lowest BCUT2D eigenvalue weighted by molar-refractivity contribution is -0.421. The molecule has 0 aromatic carbocycles. The van der Waals surface area contributed by atoms with Crippen molar-refractivity contribution in [3.05, 3.63) is 33.7 Å². The van der Waals surface area contributed by atoms with Crippen LogP contribution in [0, 0.1) is 10.1 Å². The molecule has 0 aliphatic rings. The predicted molar refractivity (Wildman–Crippen MR) is 43.3 cm³/mol. The number of nitrogens with zero attached hydrogens (tertiary/aromatic N) is 1. The van der Waals surface area contributed by atoms with Crippen molar-refractivity contribution in [2.45, 2.75) is 20.3 Å². The van der Waals surface area contributed by atoms with Gasteiger partial charge in [-0.05, 0) is 19.4 Å². The normalized spacial score (nSPS) is 13.3. The molecule has 0 bridgehead atoms. The zero-order chi connectivity index (χ0) is 8.85. The molecule has 0 aliphatic heterocycles. The molecule has 0 spiro atoms. The van der Waals surface area contributed by atoms with Crippen LogP contribution in [0.4, 0.5) is 0 Å². The third-order valence-electron chi connectivity index (χ3n) is 1.19. The van der Waals surface area contributed by atoms with E-state index in [0.717, 1.165) is 0 Å². The van der Waals surface area contributed by atoms with Crippen LogP contribution >= 0.6 is 0 Å². The lowest BCUT2D eigenvalue weighted by atomic mass is 10.3. The summed E-state index contributed by atoms with van der Waals surface area (Å²) in [5.74, 6) is 0. The molecule has 0 rings (SSSR count). The molecular formula is C7H12N2O2. The van der Waals surface area contributed by atoms with Crippen molar-refractivity contribution < 1.29 is 4.92 Å². The third-order valence-corrected chi connectivity index (χ3v) is 1.19. The van der Waals surface area contributed by atoms with Crippen molar-refractivity contribution in [1.82, 2.24) is 0 Å². The number of nitrogens with two attached hydrogens (primary N) is 1. The summed E-state index contributed by atoms with van der Waals surface area (Å²) < 4.78 is 0. The average molecular weight is 156 g/mol. The Morgan fingerprint density at radius 2 is 2.27 bits per heavy atom. The highest BCUT2D eigenvalue weighted by Gasteiger charge is 2.10. The minimum Gasteiger partial charge on any atom is -0.393 e. The van der Waals surface area contributed by atoms with Gasteiger partial charge in [0.05, 0.1) is 4.92 Å². The molecular weight excluding hydrogens is 144 g/mol. The molecule has 0 unspecified atom stereocenters. The summed E-state index contributed by atoms with van der Waals surface area (Å²) in [5, 5.41) is 10.3. The monoisotopic (exact) mass is 156 g/mol. The Labute approximate surface area is 65.5 Å². The molecule has 4 heteroatoms. The second-order valence-corrected chi connectivity index (χ2v) is 2.00. The Morgan fingerprint density at radius 3 is 2.55 bits per heavy atom. The predicted octanol–water partition coefficient (Wildman–Crippen LogP) is 1.42. The van der Waals surface area contributed by atoms with Gasteiger partial charge in [-0.15, -0.1) is 0 Å². The highest BCUT2D eigenvalue weighted by atomic mass is 16.6. The molecule has 0 aromatic heterocycles. The molecule has 0 atom stereocenters. The fourth-order valence-electron chi connectivity index (χ4n) is 0.702. The van der Waals surface area contributed by atoms with Crippen LogP contribution in [0.1, 0.15) is 20.3 Å². The van der Waals surface area contributed by atoms with Crippen molar-refractivity contribution in [3.8, 4) is 0 Å². The van der Waals surface area contributed by atoms with Gasteiger partial charge in [0, 0.05) is 0 Å². The van der Waals surface area contributed by atoms with Crippen LogP contribution in [-0.4, -0.2) is 4.92 Å². The van der Waals surface area contributed by atoms with Gasteiger partial charge in [0.2, 0.25) is 0 Å². The minimum absolute atomic E-state index is 0.0214. The first-order valence-electron chi connectivity index (χ1n) is 3.40. The number of hydrogen-bond donors (Lipinski definition) is 1. The molecule has 0 saturated heterocycles. The first-order chi connectivity index (χ1) is 5.13. The number of allylic oxidation sites excluding steroid dienone is 2. The van der Waals surface area contributed by atoms with Gasteiger partial charge in [0.1, 0.15) is 5.70 Å². The van der Waals surface area contributed by atoms with Crippen molar-refractivity contribution >= 4 is 0 Å². The van der Waals surface area contributed by atoms with Crippen LogP contribution in [0.3, 0.4) is 0 Å². The van der Waals surface area contributed by atoms with Gasteiger partial charge < -0.3 is 5.73 Å². The van der Waals surface area contributed by atoms with Gasteiger partial charge >= 0.3 is 0 Å². The van der Waals surface area contributed by atoms with E-state index in [1.165, 1.54) is 6.08 Å². The molecule has 2 N–H and O–H groups in total. The van der Waals surface area contributed by atoms with Gasteiger partial charge in [0.15, 0.2) is 0 Å². The fourth-order valence-corrected chi connectivity index (χ4v) is 0.702. The molecule has 11 heavy (non-hydrogen) atoms. The summed E-state index contributed by atoms with van der Waals surface area (Å²) in [6.45, 7) is 3.47. The van der Waals surface area contributed by atoms with Gasteiger partial charge in [0.25, 0.3) is 5.70 Å². The van der Waals surface area contributed by atoms with E-state index in [9.17, 15) is 10.1 Å². The van der Waals surface area contributed by atoms with Crippen molar-refractivity contribution in [2.75, 3.05) is 0 Å². The van der Waals surface area contributed by atoms with Gasteiger partial charge in [-0.1, -0.05) is 13.0 Å². The molecule has 0 aliphatic carbocycles. The van der Waals surface area contributed by atoms with E-state index in [1.807, 2.05) is 6.92 Å². The second-order valence-electron chi connectivity index (χ2n) is 2.00. The molecule has 0 fully saturated rings. The van der Waals surface area contributed by atoms with Crippen LogP contribution in [0.25, 0.3) is 0 Å². The van der Waals surface area contributed by atoms with E-state index in [4.69, 9.17) is 5.73 Å². The van der Waals surface area contributed by atoms with Crippen LogP contribution in [0.15, 0.2) is 23.5 Å². The van der Waals surface area contributed by atoms with E-state index in [0.29, 0.717) is 6.42 Å². The number of hydrogen-bond acceptors (Lipinski definition) is 3. The second kappa shape index (κ2) is 4.49. The molecule has 0 aromatic rings. The largest absolute Gasteiger partial charge is 0.393 e. The van der Waals surface area contributed by atoms with Crippen molar-refractivity contribution in [3.63, 3.8) is 0 Å². The maximum Gasteiger partial charge on any atom is 0.287 e. The SMILES string of the molecule is C/C=C(\C(N)=C/CC)[N+](=O)[O-]. The van der Waals surface area contributed by atoms with Crippen LogP contribution < -0.4 is 5.73 Å². The summed E-state index contributed by atoms with van der Waals surface area (Å²) >= 11 is 0. The van der Waals surface area contributed by atoms with E-state index in [1.54, 1.807) is 13.0 Å². The van der Waals surface area contributed by atoms with Crippen molar-refractivity contribution in [2.24, 2.45) is 5.73 Å². The zero-order valence-electron chi connectivity index (χ0n) is 6.70. The molecule has 62 valence electrons. The van der Waals surface area contributed by atoms with E-state index < -0.39 is 4.92 Å². The van der Waals surface area contributed by atoms with E-state index in [2.05, 4.69) is 0 Å². The third kappa shape index (κ3) is 2.84. The highest BCUT2D eigenvalue weighted by Crippen LogP contribution is 2.04. The first kappa shape index (κ1) is 9.68. The standard InChI is InChI=1S/C7H12N2O2/c1-3-5-6(8)7(4-2)9(10)11/h4-5H,3,8H2,1-2H3/b6-5+,7-4+. The molecule has 4 nitrogen and oxygen atoms in total. The molecule has 0 radical (unpaired) electrons. The fraction of sp³-hybridized carbons (Fsp3) is 0.429. The van der Waals surface area contributed by atoms with Crippen LogP contribution in [-0.2, 0) is 0 Å². The van der Waals surface area contributed by atoms with Crippen molar-refractivity contribution in [1.29, 1.82) is 0 Å². The molecule has 0 heterocycles. The Bertz CT molecular complexity index is 206. The van der Waals surface area contributed by atoms with E-state index >= 15 is 0 Å². The summed E-state index contributed by atoms with van der Waals surface area (Å²) in [6.07, 6.45) is 3.72. The Kier molecular flexibility index (Phi) is 3.95. The average Bonchev–Trinajstić information content (AvgIpc) is 1.88. The number of nitro groups is 1. The lowest BCUT2D eigenvalue weighted by Gasteiger charge is -1.95. The van der Waals surface area contributed by atoms with Gasteiger partial charge in [-0.25, -0.2) is 0 Å². The summed E-state index contributed by atoms with van der Waals surface area (Å²) in [6, 6.07) is 0. The lowest BCUT2D eigenvalue weighted by Crippen LogP contribution is -2.08. The Hall–Kier alpha value is -1.32. The Morgan fingerprint density at radius 1 is 1.73 bits per heavy atom. The summed E-state index contributed by atoms with van der Waals surface area (Å²) in [7, 11) is 0. The van der Waals surface area contributed by atoms with E-state index in [-0.39, 0.29) is 11.4 Å². The summed E-state index contributed by atoms with van der Waals surface area (Å²) in [5.41, 5.74) is 5.61. The van der Waals surface area contributed by atoms with Gasteiger partial charge in [-0.2, -0.15) is 0 Å². The quantitative estimate of drug-likeness (QED) is 0.381. The van der Waals surface area contributed by atoms with Crippen LogP contribution in [0.2, 0.25) is 0 Å². The first-order valence-corrected chi connectivity index (χ1v) is 3.40. The number of rotatable bonds is 3.